The van der Waals surface area contributed by atoms with Crippen LogP contribution in [-0.4, -0.2) is 34.0 Å². The van der Waals surface area contributed by atoms with Crippen molar-refractivity contribution in [3.8, 4) is 0 Å². The fraction of sp³-hybridized carbons (Fsp3) is 0.500. The molecule has 0 bridgehead atoms. The highest BCUT2D eigenvalue weighted by Gasteiger charge is 2.29. The summed E-state index contributed by atoms with van der Waals surface area (Å²) in [5, 5.41) is 20.2. The number of carbonyl (C=O) groups is 1. The Balaban J connectivity index is 2.10. The van der Waals surface area contributed by atoms with Gasteiger partial charge >= 0.3 is 5.97 Å². The first kappa shape index (κ1) is 15.7. The van der Waals surface area contributed by atoms with Crippen molar-refractivity contribution < 1.29 is 14.8 Å². The Kier molecular flexibility index (Phi) is 4.80. The summed E-state index contributed by atoms with van der Waals surface area (Å²) in [6.07, 6.45) is 0.680. The average Bonchev–Trinajstić information content (AvgIpc) is 2.40. The molecule has 0 aliphatic carbocycles. The van der Waals surface area contributed by atoms with Crippen LogP contribution in [0.15, 0.2) is 18.2 Å². The van der Waals surface area contributed by atoms with E-state index in [9.17, 15) is 14.9 Å². The Bertz CT molecular complexity index is 564. The second kappa shape index (κ2) is 6.41. The molecule has 1 aliphatic heterocycles. The van der Waals surface area contributed by atoms with E-state index in [0.717, 1.165) is 12.1 Å². The SMILES string of the molecule is CC1CC(C(=O)O)CN(Cc2ccc([N+](=O)[O-])cc2Cl)C1. The van der Waals surface area contributed by atoms with Gasteiger partial charge in [-0.05, 0) is 24.0 Å². The highest BCUT2D eigenvalue weighted by molar-refractivity contribution is 6.31. The summed E-state index contributed by atoms with van der Waals surface area (Å²) in [5.74, 6) is -0.844. The first-order valence-corrected chi connectivity index (χ1v) is 7.12. The number of hydrogen-bond acceptors (Lipinski definition) is 4. The van der Waals surface area contributed by atoms with Crippen molar-refractivity contribution in [1.82, 2.24) is 4.90 Å². The van der Waals surface area contributed by atoms with Gasteiger partial charge in [0, 0.05) is 31.8 Å². The number of nitrogens with zero attached hydrogens (tertiary/aromatic N) is 2. The third-order valence-electron chi connectivity index (χ3n) is 3.73. The van der Waals surface area contributed by atoms with Crippen molar-refractivity contribution in [2.75, 3.05) is 13.1 Å². The maximum atomic E-state index is 11.2. The number of non-ortho nitro benzene ring substituents is 1. The summed E-state index contributed by atoms with van der Waals surface area (Å²) >= 11 is 6.08. The van der Waals surface area contributed by atoms with Crippen LogP contribution in [0.4, 0.5) is 5.69 Å². The van der Waals surface area contributed by atoms with Gasteiger partial charge in [-0.25, -0.2) is 0 Å². The van der Waals surface area contributed by atoms with Crippen LogP contribution in [0.3, 0.4) is 0 Å². The zero-order valence-corrected chi connectivity index (χ0v) is 12.4. The first-order valence-electron chi connectivity index (χ1n) is 6.74. The smallest absolute Gasteiger partial charge is 0.307 e. The minimum Gasteiger partial charge on any atom is -0.481 e. The van der Waals surface area contributed by atoms with Gasteiger partial charge in [0.2, 0.25) is 0 Å². The van der Waals surface area contributed by atoms with Crippen LogP contribution in [0.5, 0.6) is 0 Å². The number of piperidine rings is 1. The molecule has 1 heterocycles. The van der Waals surface area contributed by atoms with Gasteiger partial charge in [0.25, 0.3) is 5.69 Å². The van der Waals surface area contributed by atoms with Crippen molar-refractivity contribution in [2.45, 2.75) is 19.9 Å². The Morgan fingerprint density at radius 2 is 2.24 bits per heavy atom. The zero-order valence-electron chi connectivity index (χ0n) is 11.7. The van der Waals surface area contributed by atoms with E-state index < -0.39 is 10.9 Å². The lowest BCUT2D eigenvalue weighted by Crippen LogP contribution is -2.42. The Morgan fingerprint density at radius 3 is 2.81 bits per heavy atom. The van der Waals surface area contributed by atoms with E-state index in [4.69, 9.17) is 16.7 Å². The Morgan fingerprint density at radius 1 is 1.52 bits per heavy atom. The summed E-state index contributed by atoms with van der Waals surface area (Å²) in [6.45, 7) is 3.81. The van der Waals surface area contributed by atoms with Crippen molar-refractivity contribution in [2.24, 2.45) is 11.8 Å². The molecule has 1 saturated heterocycles. The molecule has 1 aliphatic rings. The van der Waals surface area contributed by atoms with Gasteiger partial charge in [0.1, 0.15) is 0 Å². The number of carboxylic acids is 1. The molecule has 2 rings (SSSR count). The lowest BCUT2D eigenvalue weighted by Gasteiger charge is -2.34. The molecule has 0 aromatic heterocycles. The number of carboxylic acid groups (broad SMARTS) is 1. The molecule has 0 radical (unpaired) electrons. The normalized spacial score (nSPS) is 23.0. The topological polar surface area (TPSA) is 83.7 Å². The van der Waals surface area contributed by atoms with Gasteiger partial charge in [0.15, 0.2) is 0 Å². The van der Waals surface area contributed by atoms with Gasteiger partial charge < -0.3 is 5.11 Å². The van der Waals surface area contributed by atoms with E-state index >= 15 is 0 Å². The third-order valence-corrected chi connectivity index (χ3v) is 4.08. The number of benzene rings is 1. The molecular weight excluding hydrogens is 296 g/mol. The summed E-state index contributed by atoms with van der Waals surface area (Å²) in [5.41, 5.74) is 0.736. The Labute approximate surface area is 127 Å². The van der Waals surface area contributed by atoms with Crippen LogP contribution in [0.2, 0.25) is 5.02 Å². The highest BCUT2D eigenvalue weighted by Crippen LogP contribution is 2.27. The van der Waals surface area contributed by atoms with E-state index in [0.29, 0.717) is 30.5 Å². The highest BCUT2D eigenvalue weighted by atomic mass is 35.5. The average molecular weight is 313 g/mol. The largest absolute Gasteiger partial charge is 0.481 e. The van der Waals surface area contributed by atoms with Crippen LogP contribution in [0.1, 0.15) is 18.9 Å². The molecule has 0 saturated carbocycles. The summed E-state index contributed by atoms with van der Waals surface area (Å²) in [6, 6.07) is 4.39. The number of nitro benzene ring substituents is 1. The van der Waals surface area contributed by atoms with Crippen LogP contribution in [0.25, 0.3) is 0 Å². The van der Waals surface area contributed by atoms with Crippen molar-refractivity contribution in [3.05, 3.63) is 38.9 Å². The molecule has 1 fully saturated rings. The molecule has 2 unspecified atom stereocenters. The molecule has 0 amide bonds. The summed E-state index contributed by atoms with van der Waals surface area (Å²) < 4.78 is 0. The summed E-state index contributed by atoms with van der Waals surface area (Å²) in [4.78, 5) is 23.4. The molecular formula is C14H17ClN2O4. The molecule has 114 valence electrons. The Hall–Kier alpha value is -1.66. The fourth-order valence-corrected chi connectivity index (χ4v) is 3.02. The van der Waals surface area contributed by atoms with Crippen LogP contribution in [0, 0.1) is 22.0 Å². The molecule has 0 spiro atoms. The lowest BCUT2D eigenvalue weighted by molar-refractivity contribution is -0.384. The number of aliphatic carboxylic acids is 1. The fourth-order valence-electron chi connectivity index (χ4n) is 2.79. The third kappa shape index (κ3) is 3.92. The quantitative estimate of drug-likeness (QED) is 0.682. The van der Waals surface area contributed by atoms with E-state index in [2.05, 4.69) is 0 Å². The number of nitro groups is 1. The second-order valence-corrected chi connectivity index (χ2v) is 6.01. The van der Waals surface area contributed by atoms with E-state index in [1.54, 1.807) is 6.07 Å². The van der Waals surface area contributed by atoms with Gasteiger partial charge in [-0.3, -0.25) is 19.8 Å². The standard InChI is InChI=1S/C14H17ClN2O4/c1-9-4-11(14(18)19)8-16(6-9)7-10-2-3-12(17(20)21)5-13(10)15/h2-3,5,9,11H,4,6-8H2,1H3,(H,18,19). The molecule has 7 heteroatoms. The van der Waals surface area contributed by atoms with Crippen LogP contribution >= 0.6 is 11.6 Å². The van der Waals surface area contributed by atoms with Crippen molar-refractivity contribution in [1.29, 1.82) is 0 Å². The number of hydrogen-bond donors (Lipinski definition) is 1. The minimum absolute atomic E-state index is 0.0424. The molecule has 1 N–H and O–H groups in total. The van der Waals surface area contributed by atoms with Gasteiger partial charge in [0.05, 0.1) is 15.9 Å². The van der Waals surface area contributed by atoms with Gasteiger partial charge in [-0.15, -0.1) is 0 Å². The van der Waals surface area contributed by atoms with Gasteiger partial charge in [-0.2, -0.15) is 0 Å². The predicted octanol–water partition coefficient (Wildman–Crippen LogP) is 2.79. The maximum absolute atomic E-state index is 11.2. The molecule has 6 nitrogen and oxygen atoms in total. The molecule has 2 atom stereocenters. The second-order valence-electron chi connectivity index (χ2n) is 5.60. The van der Waals surface area contributed by atoms with Crippen molar-refractivity contribution >= 4 is 23.3 Å². The number of likely N-dealkylation sites (tertiary alicyclic amines) is 1. The monoisotopic (exact) mass is 312 g/mol. The number of rotatable bonds is 4. The van der Waals surface area contributed by atoms with Crippen molar-refractivity contribution in [3.63, 3.8) is 0 Å². The predicted molar refractivity (Wildman–Crippen MR) is 78.3 cm³/mol. The molecule has 1 aromatic rings. The van der Waals surface area contributed by atoms with Gasteiger partial charge in [-0.1, -0.05) is 18.5 Å². The van der Waals surface area contributed by atoms with E-state index in [1.807, 2.05) is 11.8 Å². The maximum Gasteiger partial charge on any atom is 0.307 e. The van der Waals surface area contributed by atoms with Crippen LogP contribution in [-0.2, 0) is 11.3 Å². The van der Waals surface area contributed by atoms with Crippen LogP contribution < -0.4 is 0 Å². The number of halogens is 1. The molecule has 1 aromatic carbocycles. The molecule has 21 heavy (non-hydrogen) atoms. The minimum atomic E-state index is -0.777. The first-order chi connectivity index (χ1) is 9.86. The zero-order chi connectivity index (χ0) is 15.6. The lowest BCUT2D eigenvalue weighted by atomic mass is 9.90. The van der Waals surface area contributed by atoms with E-state index in [1.165, 1.54) is 12.1 Å². The summed E-state index contributed by atoms with van der Waals surface area (Å²) in [7, 11) is 0. The van der Waals surface area contributed by atoms with E-state index in [-0.39, 0.29) is 11.6 Å².